The van der Waals surface area contributed by atoms with Gasteiger partial charge in [0.1, 0.15) is 11.5 Å². The van der Waals surface area contributed by atoms with Crippen LogP contribution in [-0.4, -0.2) is 27.8 Å². The Hall–Kier alpha value is -3.54. The van der Waals surface area contributed by atoms with E-state index in [9.17, 15) is 4.79 Å². The number of carbonyl (C=O) groups is 1. The molecule has 6 nitrogen and oxygen atoms in total. The van der Waals surface area contributed by atoms with Gasteiger partial charge in [-0.25, -0.2) is 9.31 Å². The van der Waals surface area contributed by atoms with Gasteiger partial charge in [0.15, 0.2) is 0 Å². The molecule has 3 heterocycles. The van der Waals surface area contributed by atoms with Gasteiger partial charge >= 0.3 is 5.97 Å². The zero-order valence-corrected chi connectivity index (χ0v) is 14.0. The number of methoxy groups -OCH3 is 1. The number of aromatic carboxylic acids is 1. The smallest absolute Gasteiger partial charge is 0.371 e. The van der Waals surface area contributed by atoms with E-state index in [2.05, 4.69) is 0 Å². The zero-order valence-electron chi connectivity index (χ0n) is 14.0. The second-order valence-electron chi connectivity index (χ2n) is 5.84. The third-order valence-corrected chi connectivity index (χ3v) is 4.21. The summed E-state index contributed by atoms with van der Waals surface area (Å²) in [7, 11) is 1.61. The molecule has 6 heteroatoms. The first-order valence-electron chi connectivity index (χ1n) is 8.08. The van der Waals surface area contributed by atoms with Crippen LogP contribution < -0.4 is 4.74 Å². The van der Waals surface area contributed by atoms with Crippen molar-refractivity contribution in [3.63, 3.8) is 0 Å². The molecule has 3 aromatic heterocycles. The minimum atomic E-state index is -1.08. The quantitative estimate of drug-likeness (QED) is 0.592. The molecule has 4 rings (SSSR count). The molecular formula is C20H16N2O4. The van der Waals surface area contributed by atoms with Gasteiger partial charge in [-0.2, -0.15) is 5.10 Å². The Balaban J connectivity index is 1.85. The molecule has 130 valence electrons. The molecule has 1 aromatic carbocycles. The number of pyridine rings is 1. The Morgan fingerprint density at radius 1 is 1.15 bits per heavy atom. The summed E-state index contributed by atoms with van der Waals surface area (Å²) in [5.74, 6) is 0.131. The third kappa shape index (κ3) is 2.82. The lowest BCUT2D eigenvalue weighted by Crippen LogP contribution is -1.93. The summed E-state index contributed by atoms with van der Waals surface area (Å²) >= 11 is 0. The highest BCUT2D eigenvalue weighted by molar-refractivity contribution is 5.84. The summed E-state index contributed by atoms with van der Waals surface area (Å²) in [5, 5.41) is 13.8. The molecule has 0 spiro atoms. The van der Waals surface area contributed by atoms with E-state index in [4.69, 9.17) is 19.4 Å². The van der Waals surface area contributed by atoms with E-state index in [1.807, 2.05) is 48.7 Å². The molecule has 0 fully saturated rings. The molecule has 0 radical (unpaired) electrons. The van der Waals surface area contributed by atoms with E-state index in [-0.39, 0.29) is 5.76 Å². The first-order chi connectivity index (χ1) is 12.7. The largest absolute Gasteiger partial charge is 0.495 e. The molecule has 0 aliphatic carbocycles. The highest BCUT2D eigenvalue weighted by Gasteiger charge is 2.18. The summed E-state index contributed by atoms with van der Waals surface area (Å²) in [6, 6.07) is 16.8. The van der Waals surface area contributed by atoms with E-state index in [0.717, 1.165) is 22.3 Å². The van der Waals surface area contributed by atoms with Gasteiger partial charge in [0, 0.05) is 17.5 Å². The highest BCUT2D eigenvalue weighted by atomic mass is 16.5. The van der Waals surface area contributed by atoms with Crippen molar-refractivity contribution in [2.45, 2.75) is 6.42 Å². The Morgan fingerprint density at radius 3 is 2.65 bits per heavy atom. The lowest BCUT2D eigenvalue weighted by atomic mass is 10.0. The molecule has 0 saturated carbocycles. The van der Waals surface area contributed by atoms with Crippen molar-refractivity contribution in [1.29, 1.82) is 0 Å². The molecule has 0 aliphatic rings. The maximum absolute atomic E-state index is 11.1. The van der Waals surface area contributed by atoms with Crippen molar-refractivity contribution in [2.24, 2.45) is 0 Å². The number of carboxylic acid groups (broad SMARTS) is 1. The van der Waals surface area contributed by atoms with Crippen molar-refractivity contribution < 1.29 is 19.1 Å². The fourth-order valence-electron chi connectivity index (χ4n) is 2.97. The fourth-order valence-corrected chi connectivity index (χ4v) is 2.97. The van der Waals surface area contributed by atoms with Crippen LogP contribution in [0, 0.1) is 0 Å². The van der Waals surface area contributed by atoms with Crippen LogP contribution in [0.4, 0.5) is 0 Å². The van der Waals surface area contributed by atoms with Crippen molar-refractivity contribution in [2.75, 3.05) is 7.11 Å². The van der Waals surface area contributed by atoms with Crippen LogP contribution in [0.15, 0.2) is 65.2 Å². The number of nitrogens with zero attached hydrogens (tertiary/aromatic N) is 2. The average molecular weight is 348 g/mol. The Bertz CT molecular complexity index is 1080. The van der Waals surface area contributed by atoms with Gasteiger partial charge in [-0.3, -0.25) is 0 Å². The summed E-state index contributed by atoms with van der Waals surface area (Å²) in [6.45, 7) is 0. The number of aromatic nitrogens is 2. The van der Waals surface area contributed by atoms with E-state index >= 15 is 0 Å². The second-order valence-corrected chi connectivity index (χ2v) is 5.84. The minimum absolute atomic E-state index is 0.0700. The van der Waals surface area contributed by atoms with E-state index < -0.39 is 5.97 Å². The zero-order chi connectivity index (χ0) is 18.1. The number of fused-ring (bicyclic) bond motifs is 1. The van der Waals surface area contributed by atoms with Crippen LogP contribution in [-0.2, 0) is 6.42 Å². The normalized spacial score (nSPS) is 11.0. The van der Waals surface area contributed by atoms with Crippen LogP contribution in [0.2, 0.25) is 0 Å². The summed E-state index contributed by atoms with van der Waals surface area (Å²) in [5.41, 5.74) is 3.69. The number of hydrogen-bond donors (Lipinski definition) is 1. The molecule has 26 heavy (non-hydrogen) atoms. The molecule has 0 saturated heterocycles. The lowest BCUT2D eigenvalue weighted by Gasteiger charge is -2.02. The van der Waals surface area contributed by atoms with E-state index in [1.54, 1.807) is 17.7 Å². The summed E-state index contributed by atoms with van der Waals surface area (Å²) in [6.07, 6.45) is 2.25. The third-order valence-electron chi connectivity index (χ3n) is 4.21. The van der Waals surface area contributed by atoms with E-state index in [1.165, 1.54) is 6.07 Å². The van der Waals surface area contributed by atoms with Gasteiger partial charge in [-0.1, -0.05) is 30.3 Å². The van der Waals surface area contributed by atoms with Crippen LogP contribution in [0.25, 0.3) is 16.8 Å². The van der Waals surface area contributed by atoms with Crippen molar-refractivity contribution in [1.82, 2.24) is 9.61 Å². The maximum Gasteiger partial charge on any atom is 0.371 e. The number of ether oxygens (including phenoxy) is 1. The van der Waals surface area contributed by atoms with Crippen LogP contribution in [0.3, 0.4) is 0 Å². The molecule has 4 aromatic rings. The molecule has 0 unspecified atom stereocenters. The number of benzene rings is 1. The summed E-state index contributed by atoms with van der Waals surface area (Å²) in [4.78, 5) is 11.1. The van der Waals surface area contributed by atoms with Gasteiger partial charge in [0.05, 0.1) is 24.5 Å². The number of rotatable bonds is 5. The van der Waals surface area contributed by atoms with Crippen LogP contribution in [0.5, 0.6) is 5.75 Å². The van der Waals surface area contributed by atoms with Gasteiger partial charge in [0.2, 0.25) is 5.76 Å². The molecule has 0 aliphatic heterocycles. The predicted octanol–water partition coefficient (Wildman–Crippen LogP) is 3.89. The molecular weight excluding hydrogens is 332 g/mol. The molecule has 0 atom stereocenters. The van der Waals surface area contributed by atoms with Crippen molar-refractivity contribution in [3.8, 4) is 17.0 Å². The fraction of sp³-hybridized carbons (Fsp3) is 0.100. The SMILES string of the molecule is COc1ccc2c(Cc3ccc(C(=O)O)o3)c(-c3ccccc3)nn2c1. The number of hydrogen-bond acceptors (Lipinski definition) is 4. The number of furan rings is 1. The Kier molecular flexibility index (Phi) is 3.93. The minimum Gasteiger partial charge on any atom is -0.495 e. The summed E-state index contributed by atoms with van der Waals surface area (Å²) < 4.78 is 12.5. The molecule has 0 bridgehead atoms. The van der Waals surface area contributed by atoms with Gasteiger partial charge in [0.25, 0.3) is 0 Å². The van der Waals surface area contributed by atoms with Gasteiger partial charge < -0.3 is 14.3 Å². The van der Waals surface area contributed by atoms with Crippen molar-refractivity contribution >= 4 is 11.5 Å². The first kappa shape index (κ1) is 16.0. The van der Waals surface area contributed by atoms with Crippen molar-refractivity contribution in [3.05, 3.63) is 77.9 Å². The highest BCUT2D eigenvalue weighted by Crippen LogP contribution is 2.30. The molecule has 1 N–H and O–H groups in total. The van der Waals surface area contributed by atoms with Crippen LogP contribution in [0.1, 0.15) is 21.9 Å². The second kappa shape index (κ2) is 6.40. The van der Waals surface area contributed by atoms with E-state index in [0.29, 0.717) is 17.9 Å². The van der Waals surface area contributed by atoms with Gasteiger partial charge in [-0.05, 0) is 24.3 Å². The molecule has 0 amide bonds. The monoisotopic (exact) mass is 348 g/mol. The van der Waals surface area contributed by atoms with Crippen LogP contribution >= 0.6 is 0 Å². The predicted molar refractivity (Wildman–Crippen MR) is 95.7 cm³/mol. The average Bonchev–Trinajstić information content (AvgIpc) is 3.27. The first-order valence-corrected chi connectivity index (χ1v) is 8.08. The van der Waals surface area contributed by atoms with Gasteiger partial charge in [-0.15, -0.1) is 0 Å². The Morgan fingerprint density at radius 2 is 1.96 bits per heavy atom. The Labute approximate surface area is 149 Å². The topological polar surface area (TPSA) is 77.0 Å². The maximum atomic E-state index is 11.1. The standard InChI is InChI=1S/C20H16N2O4/c1-25-15-7-9-17-16(11-14-8-10-18(26-14)20(23)24)19(21-22(17)12-15)13-5-3-2-4-6-13/h2-10,12H,11H2,1H3,(H,23,24). The number of carboxylic acids is 1. The lowest BCUT2D eigenvalue weighted by molar-refractivity contribution is 0.0660.